The van der Waals surface area contributed by atoms with Gasteiger partial charge in [0, 0.05) is 22.3 Å². The Morgan fingerprint density at radius 1 is 1.09 bits per heavy atom. The smallest absolute Gasteiger partial charge is 0.228 e. The van der Waals surface area contributed by atoms with E-state index in [-0.39, 0.29) is 12.3 Å². The van der Waals surface area contributed by atoms with Crippen molar-refractivity contribution in [3.8, 4) is 0 Å². The van der Waals surface area contributed by atoms with E-state index in [2.05, 4.69) is 10.2 Å². The highest BCUT2D eigenvalue weighted by Crippen LogP contribution is 2.22. The molecule has 0 bridgehead atoms. The molecule has 0 atom stereocenters. The van der Waals surface area contributed by atoms with E-state index >= 15 is 0 Å². The zero-order chi connectivity index (χ0) is 16.1. The van der Waals surface area contributed by atoms with E-state index in [0.717, 1.165) is 23.4 Å². The normalized spacial score (nSPS) is 10.8. The minimum absolute atomic E-state index is 0.101. The molecule has 1 amide bonds. The fourth-order valence-corrected chi connectivity index (χ4v) is 2.63. The number of hydrogen-bond donors (Lipinski definition) is 1. The van der Waals surface area contributed by atoms with Gasteiger partial charge < -0.3 is 10.2 Å². The van der Waals surface area contributed by atoms with Crippen LogP contribution in [0.25, 0.3) is 0 Å². The molecule has 0 aliphatic carbocycles. The van der Waals surface area contributed by atoms with Gasteiger partial charge in [0.05, 0.1) is 6.42 Å². The highest BCUT2D eigenvalue weighted by atomic mass is 35.5. The van der Waals surface area contributed by atoms with E-state index in [0.29, 0.717) is 10.0 Å². The average Bonchev–Trinajstić information content (AvgIpc) is 2.43. The Morgan fingerprint density at radius 3 is 2.50 bits per heavy atom. The summed E-state index contributed by atoms with van der Waals surface area (Å²) in [4.78, 5) is 14.3. The number of amides is 1. The molecule has 2 aromatic carbocycles. The lowest BCUT2D eigenvalue weighted by molar-refractivity contribution is -0.115. The predicted molar refractivity (Wildman–Crippen MR) is 92.6 cm³/mol. The Labute approximate surface area is 140 Å². The monoisotopic (exact) mass is 336 g/mol. The summed E-state index contributed by atoms with van der Waals surface area (Å²) in [6.45, 7) is 0.762. The van der Waals surface area contributed by atoms with Crippen molar-refractivity contribution in [1.29, 1.82) is 0 Å². The van der Waals surface area contributed by atoms with Crippen LogP contribution in [0, 0.1) is 0 Å². The van der Waals surface area contributed by atoms with E-state index in [1.54, 1.807) is 18.2 Å². The second kappa shape index (κ2) is 7.63. The quantitative estimate of drug-likeness (QED) is 0.885. The van der Waals surface area contributed by atoms with Crippen LogP contribution in [0.3, 0.4) is 0 Å². The van der Waals surface area contributed by atoms with Crippen LogP contribution in [0.5, 0.6) is 0 Å². The maximum atomic E-state index is 12.2. The first kappa shape index (κ1) is 16.8. The number of rotatable bonds is 5. The number of carbonyl (C=O) groups is 1. The van der Waals surface area contributed by atoms with Gasteiger partial charge in [0.25, 0.3) is 0 Å². The molecule has 0 saturated heterocycles. The van der Waals surface area contributed by atoms with Crippen LogP contribution in [0.15, 0.2) is 42.5 Å². The van der Waals surface area contributed by atoms with E-state index < -0.39 is 0 Å². The Kier molecular flexibility index (Phi) is 5.83. The first-order chi connectivity index (χ1) is 10.5. The lowest BCUT2D eigenvalue weighted by Crippen LogP contribution is -2.18. The van der Waals surface area contributed by atoms with Crippen molar-refractivity contribution in [3.63, 3.8) is 0 Å². The Bertz CT molecular complexity index is 671. The minimum atomic E-state index is -0.101. The molecule has 0 aliphatic rings. The molecule has 0 aliphatic heterocycles. The number of nitrogens with zero attached hydrogens (tertiary/aromatic N) is 1. The molecule has 2 rings (SSSR count). The van der Waals surface area contributed by atoms with Gasteiger partial charge in [-0.3, -0.25) is 4.79 Å². The zero-order valence-corrected chi connectivity index (χ0v) is 14.1. The molecule has 0 fully saturated rings. The lowest BCUT2D eigenvalue weighted by Gasteiger charge is -2.15. The molecule has 0 spiro atoms. The van der Waals surface area contributed by atoms with Crippen molar-refractivity contribution < 1.29 is 4.79 Å². The van der Waals surface area contributed by atoms with Crippen molar-refractivity contribution in [3.05, 3.63) is 63.6 Å². The third-order valence-electron chi connectivity index (χ3n) is 3.14. The number of halogens is 2. The molecule has 0 heterocycles. The van der Waals surface area contributed by atoms with Crippen LogP contribution < -0.4 is 5.32 Å². The molecule has 22 heavy (non-hydrogen) atoms. The van der Waals surface area contributed by atoms with E-state index in [1.807, 2.05) is 38.4 Å². The van der Waals surface area contributed by atoms with Crippen LogP contribution in [0.1, 0.15) is 11.1 Å². The van der Waals surface area contributed by atoms with Crippen molar-refractivity contribution in [2.24, 2.45) is 0 Å². The highest BCUT2D eigenvalue weighted by molar-refractivity contribution is 6.35. The molecule has 0 aromatic heterocycles. The fourth-order valence-electron chi connectivity index (χ4n) is 2.15. The third kappa shape index (κ3) is 4.73. The summed E-state index contributed by atoms with van der Waals surface area (Å²) in [5.74, 6) is -0.101. The molecule has 116 valence electrons. The van der Waals surface area contributed by atoms with Crippen molar-refractivity contribution in [2.75, 3.05) is 19.4 Å². The van der Waals surface area contributed by atoms with Gasteiger partial charge in [-0.05, 0) is 43.4 Å². The molecule has 2 aromatic rings. The number of carbonyl (C=O) groups excluding carboxylic acids is 1. The summed E-state index contributed by atoms with van der Waals surface area (Å²) >= 11 is 12.0. The maximum absolute atomic E-state index is 12.2. The first-order valence-corrected chi connectivity index (χ1v) is 7.67. The highest BCUT2D eigenvalue weighted by Gasteiger charge is 2.10. The largest absolute Gasteiger partial charge is 0.325 e. The van der Waals surface area contributed by atoms with Crippen molar-refractivity contribution >= 4 is 34.8 Å². The topological polar surface area (TPSA) is 32.3 Å². The number of para-hydroxylation sites is 1. The van der Waals surface area contributed by atoms with Crippen molar-refractivity contribution in [1.82, 2.24) is 4.90 Å². The summed E-state index contributed by atoms with van der Waals surface area (Å²) < 4.78 is 0. The van der Waals surface area contributed by atoms with E-state index in [4.69, 9.17) is 23.2 Å². The van der Waals surface area contributed by atoms with Gasteiger partial charge >= 0.3 is 0 Å². The van der Waals surface area contributed by atoms with Gasteiger partial charge in [-0.1, -0.05) is 47.5 Å². The van der Waals surface area contributed by atoms with E-state index in [1.165, 1.54) is 0 Å². The summed E-state index contributed by atoms with van der Waals surface area (Å²) in [5.41, 5.74) is 2.66. The molecule has 1 N–H and O–H groups in total. The van der Waals surface area contributed by atoms with Gasteiger partial charge in [0.1, 0.15) is 0 Å². The van der Waals surface area contributed by atoms with Crippen molar-refractivity contribution in [2.45, 2.75) is 13.0 Å². The van der Waals surface area contributed by atoms with E-state index in [9.17, 15) is 4.79 Å². The number of nitrogens with one attached hydrogen (secondary N) is 1. The molecule has 5 heteroatoms. The van der Waals surface area contributed by atoms with Gasteiger partial charge in [0.2, 0.25) is 5.91 Å². The zero-order valence-electron chi connectivity index (χ0n) is 12.6. The summed E-state index contributed by atoms with van der Waals surface area (Å²) in [5, 5.41) is 4.01. The minimum Gasteiger partial charge on any atom is -0.325 e. The molecular weight excluding hydrogens is 319 g/mol. The van der Waals surface area contributed by atoms with Crippen LogP contribution in [-0.4, -0.2) is 24.9 Å². The average molecular weight is 337 g/mol. The summed E-state index contributed by atoms with van der Waals surface area (Å²) in [6.07, 6.45) is 0.215. The number of benzene rings is 2. The molecule has 3 nitrogen and oxygen atoms in total. The van der Waals surface area contributed by atoms with Crippen LogP contribution in [0.2, 0.25) is 10.0 Å². The maximum Gasteiger partial charge on any atom is 0.228 e. The van der Waals surface area contributed by atoms with Gasteiger partial charge in [0.15, 0.2) is 0 Å². The van der Waals surface area contributed by atoms with Gasteiger partial charge in [-0.25, -0.2) is 0 Å². The number of anilines is 1. The summed E-state index contributed by atoms with van der Waals surface area (Å²) in [6, 6.07) is 12.9. The fraction of sp³-hybridized carbons (Fsp3) is 0.235. The molecule has 0 saturated carbocycles. The first-order valence-electron chi connectivity index (χ1n) is 6.92. The van der Waals surface area contributed by atoms with Crippen LogP contribution >= 0.6 is 23.2 Å². The number of hydrogen-bond acceptors (Lipinski definition) is 2. The van der Waals surface area contributed by atoms with Crippen LogP contribution in [0.4, 0.5) is 5.69 Å². The molecule has 0 unspecified atom stereocenters. The Hall–Kier alpha value is -1.55. The lowest BCUT2D eigenvalue weighted by atomic mass is 10.1. The molecule has 0 radical (unpaired) electrons. The van der Waals surface area contributed by atoms with Crippen LogP contribution in [-0.2, 0) is 17.8 Å². The molecular formula is C17H18Cl2N2O. The third-order valence-corrected chi connectivity index (χ3v) is 3.73. The standard InChI is InChI=1S/C17H18Cl2N2O/c1-21(2)11-13-5-3-4-6-16(13)20-17(22)9-12-7-8-14(18)10-15(12)19/h3-8,10H,9,11H2,1-2H3,(H,20,22). The second-order valence-electron chi connectivity index (χ2n) is 5.36. The van der Waals surface area contributed by atoms with Gasteiger partial charge in [-0.2, -0.15) is 0 Å². The predicted octanol–water partition coefficient (Wildman–Crippen LogP) is 4.24. The Balaban J connectivity index is 2.09. The summed E-state index contributed by atoms with van der Waals surface area (Å²) in [7, 11) is 3.98. The Morgan fingerprint density at radius 2 is 1.82 bits per heavy atom. The second-order valence-corrected chi connectivity index (χ2v) is 6.20. The SMILES string of the molecule is CN(C)Cc1ccccc1NC(=O)Cc1ccc(Cl)cc1Cl. The van der Waals surface area contributed by atoms with Gasteiger partial charge in [-0.15, -0.1) is 0 Å².